The number of carboxylic acid groups (broad SMARTS) is 1. The maximum absolute atomic E-state index is 10.8. The Morgan fingerprint density at radius 1 is 1.33 bits per heavy atom. The van der Waals surface area contributed by atoms with Crippen LogP contribution in [0.15, 0.2) is 30.3 Å². The topological polar surface area (TPSA) is 89.3 Å². The molecule has 0 bridgehead atoms. The maximum Gasteiger partial charge on any atom is 0.321 e. The predicted octanol–water partition coefficient (Wildman–Crippen LogP) is 0.531. The van der Waals surface area contributed by atoms with E-state index in [0.717, 1.165) is 5.56 Å². The Hall–Kier alpha value is -1.39. The van der Waals surface area contributed by atoms with Crippen LogP contribution in [0.2, 0.25) is 0 Å². The first-order chi connectivity index (χ1) is 7.16. The highest BCUT2D eigenvalue weighted by Gasteiger charge is 2.24. The second-order valence-electron chi connectivity index (χ2n) is 3.46. The molecule has 4 nitrogen and oxygen atoms in total. The molecule has 1 aromatic rings. The first-order valence-electron chi connectivity index (χ1n) is 4.90. The van der Waals surface area contributed by atoms with Crippen molar-refractivity contribution in [3.05, 3.63) is 35.9 Å². The fourth-order valence-electron chi connectivity index (χ4n) is 1.61. The summed E-state index contributed by atoms with van der Waals surface area (Å²) in [5.74, 6) is -1.20. The van der Waals surface area contributed by atoms with Gasteiger partial charge in [0.15, 0.2) is 0 Å². The monoisotopic (exact) mass is 208 g/mol. The third-order valence-corrected chi connectivity index (χ3v) is 2.42. The number of hydrogen-bond acceptors (Lipinski definition) is 3. The molecule has 82 valence electrons. The van der Waals surface area contributed by atoms with Crippen molar-refractivity contribution in [2.75, 3.05) is 6.54 Å². The second-order valence-corrected chi connectivity index (χ2v) is 3.46. The van der Waals surface area contributed by atoms with Gasteiger partial charge in [-0.05, 0) is 18.5 Å². The Morgan fingerprint density at radius 2 is 1.93 bits per heavy atom. The Bertz CT molecular complexity index is 314. The van der Waals surface area contributed by atoms with Gasteiger partial charge < -0.3 is 16.6 Å². The Labute approximate surface area is 88.9 Å². The quantitative estimate of drug-likeness (QED) is 0.658. The number of aliphatic carboxylic acids is 1. The molecule has 0 radical (unpaired) electrons. The lowest BCUT2D eigenvalue weighted by Gasteiger charge is -2.20. The summed E-state index contributed by atoms with van der Waals surface area (Å²) in [4.78, 5) is 10.8. The second kappa shape index (κ2) is 5.48. The SMILES string of the molecule is NCCC(c1ccccc1)C(N)C(=O)O. The van der Waals surface area contributed by atoms with E-state index in [0.29, 0.717) is 13.0 Å². The molecule has 15 heavy (non-hydrogen) atoms. The van der Waals surface area contributed by atoms with E-state index in [1.807, 2.05) is 30.3 Å². The third-order valence-electron chi connectivity index (χ3n) is 2.42. The van der Waals surface area contributed by atoms with Crippen LogP contribution in [-0.2, 0) is 4.79 Å². The van der Waals surface area contributed by atoms with E-state index in [4.69, 9.17) is 16.6 Å². The minimum atomic E-state index is -0.989. The van der Waals surface area contributed by atoms with Crippen LogP contribution in [-0.4, -0.2) is 23.7 Å². The van der Waals surface area contributed by atoms with E-state index in [9.17, 15) is 4.79 Å². The lowest BCUT2D eigenvalue weighted by molar-refractivity contribution is -0.139. The summed E-state index contributed by atoms with van der Waals surface area (Å²) in [6.07, 6.45) is 0.581. The predicted molar refractivity (Wildman–Crippen MR) is 58.5 cm³/mol. The van der Waals surface area contributed by atoms with E-state index in [-0.39, 0.29) is 5.92 Å². The van der Waals surface area contributed by atoms with Gasteiger partial charge >= 0.3 is 5.97 Å². The molecule has 0 heterocycles. The number of hydrogen-bond donors (Lipinski definition) is 3. The molecule has 0 spiro atoms. The summed E-state index contributed by atoms with van der Waals surface area (Å²) in [6, 6.07) is 8.48. The van der Waals surface area contributed by atoms with Crippen molar-refractivity contribution in [3.63, 3.8) is 0 Å². The van der Waals surface area contributed by atoms with Gasteiger partial charge in [0.1, 0.15) is 6.04 Å². The summed E-state index contributed by atoms with van der Waals surface area (Å²) in [5.41, 5.74) is 12.0. The van der Waals surface area contributed by atoms with Crippen molar-refractivity contribution >= 4 is 5.97 Å². The van der Waals surface area contributed by atoms with E-state index in [1.165, 1.54) is 0 Å². The van der Waals surface area contributed by atoms with Crippen LogP contribution in [0, 0.1) is 0 Å². The molecule has 0 amide bonds. The van der Waals surface area contributed by atoms with Gasteiger partial charge in [-0.3, -0.25) is 4.79 Å². The zero-order valence-electron chi connectivity index (χ0n) is 8.47. The standard InChI is InChI=1S/C11H16N2O2/c12-7-6-9(10(13)11(14)15)8-4-2-1-3-5-8/h1-5,9-10H,6-7,12-13H2,(H,14,15). The lowest BCUT2D eigenvalue weighted by atomic mass is 9.89. The van der Waals surface area contributed by atoms with Gasteiger partial charge in [0.25, 0.3) is 0 Å². The Kier molecular flexibility index (Phi) is 4.27. The molecule has 0 aliphatic carbocycles. The average Bonchev–Trinajstić information content (AvgIpc) is 2.26. The smallest absolute Gasteiger partial charge is 0.321 e. The number of rotatable bonds is 5. The van der Waals surface area contributed by atoms with Gasteiger partial charge in [-0.2, -0.15) is 0 Å². The lowest BCUT2D eigenvalue weighted by Crippen LogP contribution is -2.37. The van der Waals surface area contributed by atoms with Gasteiger partial charge in [0.2, 0.25) is 0 Å². The molecule has 2 unspecified atom stereocenters. The summed E-state index contributed by atoms with van der Waals surface area (Å²) < 4.78 is 0. The number of carbonyl (C=O) groups is 1. The highest BCUT2D eigenvalue weighted by Crippen LogP contribution is 2.21. The van der Waals surface area contributed by atoms with Gasteiger partial charge in [0, 0.05) is 5.92 Å². The molecular weight excluding hydrogens is 192 g/mol. The average molecular weight is 208 g/mol. The van der Waals surface area contributed by atoms with Crippen molar-refractivity contribution in [3.8, 4) is 0 Å². The molecule has 1 rings (SSSR count). The number of nitrogens with two attached hydrogens (primary N) is 2. The first kappa shape index (κ1) is 11.7. The summed E-state index contributed by atoms with van der Waals surface area (Å²) in [6.45, 7) is 0.431. The van der Waals surface area contributed by atoms with E-state index < -0.39 is 12.0 Å². The minimum Gasteiger partial charge on any atom is -0.480 e. The van der Waals surface area contributed by atoms with E-state index >= 15 is 0 Å². The molecule has 0 fully saturated rings. The fraction of sp³-hybridized carbons (Fsp3) is 0.364. The van der Waals surface area contributed by atoms with E-state index in [1.54, 1.807) is 0 Å². The molecule has 1 aromatic carbocycles. The molecule has 5 N–H and O–H groups in total. The minimum absolute atomic E-state index is 0.214. The molecule has 0 aliphatic heterocycles. The van der Waals surface area contributed by atoms with Crippen LogP contribution in [0.25, 0.3) is 0 Å². The maximum atomic E-state index is 10.8. The molecule has 0 aliphatic rings. The summed E-state index contributed by atoms with van der Waals surface area (Å²) >= 11 is 0. The van der Waals surface area contributed by atoms with Crippen LogP contribution in [0.4, 0.5) is 0 Å². The zero-order chi connectivity index (χ0) is 11.3. The largest absolute Gasteiger partial charge is 0.480 e. The van der Waals surface area contributed by atoms with E-state index in [2.05, 4.69) is 0 Å². The highest BCUT2D eigenvalue weighted by molar-refractivity contribution is 5.74. The van der Waals surface area contributed by atoms with Gasteiger partial charge in [-0.1, -0.05) is 30.3 Å². The van der Waals surface area contributed by atoms with Gasteiger partial charge in [-0.15, -0.1) is 0 Å². The van der Waals surface area contributed by atoms with Crippen molar-refractivity contribution in [1.82, 2.24) is 0 Å². The van der Waals surface area contributed by atoms with Crippen molar-refractivity contribution in [2.24, 2.45) is 11.5 Å². The summed E-state index contributed by atoms with van der Waals surface area (Å²) in [5, 5.41) is 8.87. The zero-order valence-corrected chi connectivity index (χ0v) is 8.47. The number of carboxylic acids is 1. The van der Waals surface area contributed by atoms with Crippen molar-refractivity contribution < 1.29 is 9.90 Å². The van der Waals surface area contributed by atoms with Crippen LogP contribution >= 0.6 is 0 Å². The molecule has 0 aromatic heterocycles. The Balaban J connectivity index is 2.87. The normalized spacial score (nSPS) is 14.5. The molecule has 2 atom stereocenters. The van der Waals surface area contributed by atoms with Crippen molar-refractivity contribution in [1.29, 1.82) is 0 Å². The van der Waals surface area contributed by atoms with Crippen LogP contribution < -0.4 is 11.5 Å². The fourth-order valence-corrected chi connectivity index (χ4v) is 1.61. The molecule has 0 saturated carbocycles. The third kappa shape index (κ3) is 3.04. The summed E-state index contributed by atoms with van der Waals surface area (Å²) in [7, 11) is 0. The van der Waals surface area contributed by atoms with Crippen LogP contribution in [0.1, 0.15) is 17.9 Å². The Morgan fingerprint density at radius 3 is 2.40 bits per heavy atom. The molecular formula is C11H16N2O2. The highest BCUT2D eigenvalue weighted by atomic mass is 16.4. The first-order valence-corrected chi connectivity index (χ1v) is 4.90. The van der Waals surface area contributed by atoms with Crippen molar-refractivity contribution in [2.45, 2.75) is 18.4 Å². The number of benzene rings is 1. The van der Waals surface area contributed by atoms with Crippen LogP contribution in [0.3, 0.4) is 0 Å². The van der Waals surface area contributed by atoms with Crippen LogP contribution in [0.5, 0.6) is 0 Å². The van der Waals surface area contributed by atoms with Gasteiger partial charge in [-0.25, -0.2) is 0 Å². The molecule has 0 saturated heterocycles. The van der Waals surface area contributed by atoms with Gasteiger partial charge in [0.05, 0.1) is 0 Å². The molecule has 4 heteroatoms.